The number of rotatable bonds is 4. The minimum absolute atomic E-state index is 0.625. The second-order valence-electron chi connectivity index (χ2n) is 4.26. The second-order valence-corrected chi connectivity index (χ2v) is 4.26. The van der Waals surface area contributed by atoms with Gasteiger partial charge < -0.3 is 13.9 Å². The van der Waals surface area contributed by atoms with Crippen molar-refractivity contribution in [3.05, 3.63) is 36.4 Å². The highest BCUT2D eigenvalue weighted by Gasteiger charge is 2.11. The van der Waals surface area contributed by atoms with Gasteiger partial charge in [0.25, 0.3) is 0 Å². The SMILES string of the molecule is CCOc1ccc2c(c1)oc1c(OCC)cccc12. The molecule has 1 heterocycles. The van der Waals surface area contributed by atoms with Crippen LogP contribution in [0.4, 0.5) is 0 Å². The van der Waals surface area contributed by atoms with Gasteiger partial charge in [-0.3, -0.25) is 0 Å². The van der Waals surface area contributed by atoms with Crippen LogP contribution in [0.15, 0.2) is 40.8 Å². The van der Waals surface area contributed by atoms with E-state index in [1.165, 1.54) is 0 Å². The average Bonchev–Trinajstić information content (AvgIpc) is 2.78. The van der Waals surface area contributed by atoms with Crippen LogP contribution in [-0.4, -0.2) is 13.2 Å². The summed E-state index contributed by atoms with van der Waals surface area (Å²) in [6, 6.07) is 11.9. The molecule has 0 N–H and O–H groups in total. The number of benzene rings is 2. The van der Waals surface area contributed by atoms with Crippen LogP contribution in [0.1, 0.15) is 13.8 Å². The molecule has 0 saturated carbocycles. The van der Waals surface area contributed by atoms with Crippen LogP contribution in [0.25, 0.3) is 21.9 Å². The molecular formula is C16H16O3. The molecule has 0 amide bonds. The second kappa shape index (κ2) is 4.84. The van der Waals surface area contributed by atoms with Gasteiger partial charge in [-0.05, 0) is 32.0 Å². The van der Waals surface area contributed by atoms with Crippen molar-refractivity contribution < 1.29 is 13.9 Å². The molecule has 0 saturated heterocycles. The van der Waals surface area contributed by atoms with Crippen LogP contribution in [0.2, 0.25) is 0 Å². The van der Waals surface area contributed by atoms with Crippen LogP contribution < -0.4 is 9.47 Å². The molecule has 2 aromatic carbocycles. The minimum Gasteiger partial charge on any atom is -0.494 e. The Hall–Kier alpha value is -2.16. The maximum absolute atomic E-state index is 5.92. The van der Waals surface area contributed by atoms with Crippen LogP contribution in [0, 0.1) is 0 Å². The molecule has 0 bridgehead atoms. The molecule has 0 aliphatic rings. The Kier molecular flexibility index (Phi) is 3.03. The molecule has 3 rings (SSSR count). The first-order chi connectivity index (χ1) is 9.33. The van der Waals surface area contributed by atoms with E-state index in [1.807, 2.05) is 50.2 Å². The van der Waals surface area contributed by atoms with E-state index in [1.54, 1.807) is 0 Å². The molecular weight excluding hydrogens is 240 g/mol. The lowest BCUT2D eigenvalue weighted by molar-refractivity contribution is 0.338. The summed E-state index contributed by atoms with van der Waals surface area (Å²) in [4.78, 5) is 0. The monoisotopic (exact) mass is 256 g/mol. The molecule has 19 heavy (non-hydrogen) atoms. The van der Waals surface area contributed by atoms with Gasteiger partial charge in [0.15, 0.2) is 11.3 Å². The zero-order valence-electron chi connectivity index (χ0n) is 11.1. The molecule has 0 atom stereocenters. The molecule has 3 heteroatoms. The van der Waals surface area contributed by atoms with Crippen molar-refractivity contribution in [2.75, 3.05) is 13.2 Å². The summed E-state index contributed by atoms with van der Waals surface area (Å²) in [7, 11) is 0. The fourth-order valence-corrected chi connectivity index (χ4v) is 2.28. The molecule has 0 spiro atoms. The molecule has 3 nitrogen and oxygen atoms in total. The predicted octanol–water partition coefficient (Wildman–Crippen LogP) is 4.38. The topological polar surface area (TPSA) is 31.6 Å². The summed E-state index contributed by atoms with van der Waals surface area (Å²) in [5, 5.41) is 2.16. The highest BCUT2D eigenvalue weighted by atomic mass is 16.5. The molecule has 0 aliphatic carbocycles. The van der Waals surface area contributed by atoms with Gasteiger partial charge in [-0.25, -0.2) is 0 Å². The quantitative estimate of drug-likeness (QED) is 0.694. The van der Waals surface area contributed by atoms with Gasteiger partial charge in [-0.1, -0.05) is 12.1 Å². The number of para-hydroxylation sites is 1. The smallest absolute Gasteiger partial charge is 0.177 e. The number of furan rings is 1. The van der Waals surface area contributed by atoms with Gasteiger partial charge in [-0.15, -0.1) is 0 Å². The summed E-state index contributed by atoms with van der Waals surface area (Å²) < 4.78 is 17.0. The minimum atomic E-state index is 0.625. The molecule has 1 aromatic heterocycles. The van der Waals surface area contributed by atoms with Crippen LogP contribution in [0.3, 0.4) is 0 Å². The first-order valence-corrected chi connectivity index (χ1v) is 6.54. The van der Waals surface area contributed by atoms with E-state index in [0.29, 0.717) is 13.2 Å². The lowest BCUT2D eigenvalue weighted by Gasteiger charge is -2.01. The first kappa shape index (κ1) is 11.9. The molecule has 0 radical (unpaired) electrons. The van der Waals surface area contributed by atoms with Gasteiger partial charge in [0, 0.05) is 16.8 Å². The number of hydrogen-bond acceptors (Lipinski definition) is 3. The maximum atomic E-state index is 5.92. The Morgan fingerprint density at radius 2 is 1.79 bits per heavy atom. The highest BCUT2D eigenvalue weighted by molar-refractivity contribution is 6.07. The molecule has 0 fully saturated rings. The number of hydrogen-bond donors (Lipinski definition) is 0. The average molecular weight is 256 g/mol. The Bertz CT molecular complexity index is 712. The normalized spacial score (nSPS) is 11.1. The number of ether oxygens (including phenoxy) is 2. The predicted molar refractivity (Wildman–Crippen MR) is 76.1 cm³/mol. The van der Waals surface area contributed by atoms with Crippen molar-refractivity contribution in [3.63, 3.8) is 0 Å². The van der Waals surface area contributed by atoms with Crippen molar-refractivity contribution in [2.24, 2.45) is 0 Å². The highest BCUT2D eigenvalue weighted by Crippen LogP contribution is 2.36. The van der Waals surface area contributed by atoms with Gasteiger partial charge in [0.1, 0.15) is 11.3 Å². The van der Waals surface area contributed by atoms with E-state index in [0.717, 1.165) is 33.4 Å². The van der Waals surface area contributed by atoms with Crippen molar-refractivity contribution in [1.29, 1.82) is 0 Å². The lowest BCUT2D eigenvalue weighted by Crippen LogP contribution is -1.90. The fraction of sp³-hybridized carbons (Fsp3) is 0.250. The van der Waals surface area contributed by atoms with Gasteiger partial charge in [-0.2, -0.15) is 0 Å². The van der Waals surface area contributed by atoms with Gasteiger partial charge in [0.05, 0.1) is 13.2 Å². The van der Waals surface area contributed by atoms with E-state index in [9.17, 15) is 0 Å². The lowest BCUT2D eigenvalue weighted by atomic mass is 10.1. The van der Waals surface area contributed by atoms with Crippen LogP contribution in [0.5, 0.6) is 11.5 Å². The van der Waals surface area contributed by atoms with Gasteiger partial charge >= 0.3 is 0 Å². The third kappa shape index (κ3) is 2.01. The summed E-state index contributed by atoms with van der Waals surface area (Å²) in [5.74, 6) is 1.61. The number of fused-ring (bicyclic) bond motifs is 3. The Balaban J connectivity index is 2.22. The molecule has 0 unspecified atom stereocenters. The van der Waals surface area contributed by atoms with E-state index in [2.05, 4.69) is 0 Å². The van der Waals surface area contributed by atoms with E-state index >= 15 is 0 Å². The van der Waals surface area contributed by atoms with Crippen molar-refractivity contribution in [2.45, 2.75) is 13.8 Å². The van der Waals surface area contributed by atoms with E-state index in [4.69, 9.17) is 13.9 Å². The maximum Gasteiger partial charge on any atom is 0.177 e. The third-order valence-corrected chi connectivity index (χ3v) is 3.05. The van der Waals surface area contributed by atoms with E-state index in [-0.39, 0.29) is 0 Å². The van der Waals surface area contributed by atoms with Crippen LogP contribution >= 0.6 is 0 Å². The zero-order chi connectivity index (χ0) is 13.2. The standard InChI is InChI=1S/C16H16O3/c1-3-17-11-8-9-12-13-6-5-7-14(18-4-2)16(13)19-15(12)10-11/h5-10H,3-4H2,1-2H3. The largest absolute Gasteiger partial charge is 0.494 e. The fourth-order valence-electron chi connectivity index (χ4n) is 2.28. The van der Waals surface area contributed by atoms with Crippen molar-refractivity contribution in [3.8, 4) is 11.5 Å². The molecule has 3 aromatic rings. The molecule has 0 aliphatic heterocycles. The zero-order valence-corrected chi connectivity index (χ0v) is 11.1. The Labute approximate surface area is 111 Å². The van der Waals surface area contributed by atoms with Crippen molar-refractivity contribution >= 4 is 21.9 Å². The first-order valence-electron chi connectivity index (χ1n) is 6.54. The summed E-state index contributed by atoms with van der Waals surface area (Å²) in [5.41, 5.74) is 1.63. The summed E-state index contributed by atoms with van der Waals surface area (Å²) >= 11 is 0. The van der Waals surface area contributed by atoms with Crippen LogP contribution in [-0.2, 0) is 0 Å². The third-order valence-electron chi connectivity index (χ3n) is 3.05. The summed E-state index contributed by atoms with van der Waals surface area (Å²) in [6.07, 6.45) is 0. The Morgan fingerprint density at radius 1 is 0.947 bits per heavy atom. The van der Waals surface area contributed by atoms with Crippen molar-refractivity contribution in [1.82, 2.24) is 0 Å². The molecule has 98 valence electrons. The van der Waals surface area contributed by atoms with Gasteiger partial charge in [0.2, 0.25) is 0 Å². The summed E-state index contributed by atoms with van der Waals surface area (Å²) in [6.45, 7) is 5.21. The van der Waals surface area contributed by atoms with E-state index < -0.39 is 0 Å². The Morgan fingerprint density at radius 3 is 2.58 bits per heavy atom.